The maximum absolute atomic E-state index is 12.8. The Hall–Kier alpha value is -2.30. The van der Waals surface area contributed by atoms with E-state index in [9.17, 15) is 13.2 Å². The summed E-state index contributed by atoms with van der Waals surface area (Å²) in [6.07, 6.45) is 1.17. The summed E-state index contributed by atoms with van der Waals surface area (Å²) in [7, 11) is -3.33. The van der Waals surface area contributed by atoms with Gasteiger partial charge in [-0.15, -0.1) is 0 Å². The van der Waals surface area contributed by atoms with Gasteiger partial charge >= 0.3 is 0 Å². The number of amides is 1. The number of carbonyl (C=O) groups excluding carboxylic acids is 1. The van der Waals surface area contributed by atoms with Crippen LogP contribution >= 0.6 is 11.3 Å². The highest BCUT2D eigenvalue weighted by Gasteiger charge is 2.16. The van der Waals surface area contributed by atoms with E-state index in [1.165, 1.54) is 17.6 Å². The van der Waals surface area contributed by atoms with Gasteiger partial charge in [0.2, 0.25) is 0 Å². The number of ether oxygens (including phenoxy) is 1. The highest BCUT2D eigenvalue weighted by Crippen LogP contribution is 2.22. The molecule has 10 heteroatoms. The predicted molar refractivity (Wildman–Crippen MR) is 117 cm³/mol. The number of nitrogens with zero attached hydrogens (tertiary/aromatic N) is 4. The summed E-state index contributed by atoms with van der Waals surface area (Å²) in [6.45, 7) is 9.35. The molecule has 2 heterocycles. The average Bonchev–Trinajstić information content (AvgIpc) is 3.21. The first kappa shape index (κ1) is 22.4. The van der Waals surface area contributed by atoms with E-state index >= 15 is 0 Å². The van der Waals surface area contributed by atoms with Gasteiger partial charge in [-0.3, -0.25) is 9.48 Å². The fourth-order valence-electron chi connectivity index (χ4n) is 3.14. The van der Waals surface area contributed by atoms with Crippen molar-refractivity contribution in [1.82, 2.24) is 14.3 Å². The first-order valence-electron chi connectivity index (χ1n) is 9.68. The molecule has 1 amide bonds. The van der Waals surface area contributed by atoms with E-state index in [4.69, 9.17) is 4.74 Å². The molecular weight excluding hydrogens is 424 g/mol. The lowest BCUT2D eigenvalue weighted by atomic mass is 10.3. The monoisotopic (exact) mass is 450 g/mol. The molecule has 3 aromatic rings. The molecule has 0 aliphatic rings. The minimum absolute atomic E-state index is 0.140. The van der Waals surface area contributed by atoms with E-state index in [1.807, 2.05) is 32.3 Å². The Labute approximate surface area is 179 Å². The molecule has 0 radical (unpaired) electrons. The molecule has 2 aromatic heterocycles. The smallest absolute Gasteiger partial charge is 0.300 e. The van der Waals surface area contributed by atoms with Crippen LogP contribution in [0.4, 0.5) is 0 Å². The van der Waals surface area contributed by atoms with E-state index in [0.29, 0.717) is 24.6 Å². The Morgan fingerprint density at radius 1 is 1.30 bits per heavy atom. The van der Waals surface area contributed by atoms with Crippen LogP contribution in [0.15, 0.2) is 34.2 Å². The second kappa shape index (κ2) is 8.83. The maximum Gasteiger partial charge on any atom is 0.300 e. The number of sulfone groups is 1. The zero-order valence-electron chi connectivity index (χ0n) is 17.7. The van der Waals surface area contributed by atoms with Gasteiger partial charge in [0.15, 0.2) is 20.3 Å². The fraction of sp³-hybridized carbons (Fsp3) is 0.450. The zero-order valence-corrected chi connectivity index (χ0v) is 19.4. The van der Waals surface area contributed by atoms with Crippen molar-refractivity contribution in [1.29, 1.82) is 0 Å². The van der Waals surface area contributed by atoms with Gasteiger partial charge in [0.25, 0.3) is 5.91 Å². The molecule has 0 saturated heterocycles. The summed E-state index contributed by atoms with van der Waals surface area (Å²) in [4.78, 5) is 17.8. The molecule has 0 unspecified atom stereocenters. The fourth-order valence-corrected chi connectivity index (χ4v) is 4.96. The normalized spacial score (nSPS) is 12.9. The van der Waals surface area contributed by atoms with Crippen LogP contribution < -0.4 is 4.80 Å². The largest absolute Gasteiger partial charge is 0.380 e. The van der Waals surface area contributed by atoms with Crippen molar-refractivity contribution < 1.29 is 17.9 Å². The lowest BCUT2D eigenvalue weighted by Gasteiger charge is -2.06. The van der Waals surface area contributed by atoms with Crippen LogP contribution in [0, 0.1) is 6.92 Å². The summed E-state index contributed by atoms with van der Waals surface area (Å²) in [5, 5.41) is 4.38. The SMILES string of the molecule is CCOCCn1c(=NC(=O)c2cc(C)n(C(C)C)n2)sc2cc(S(C)(=O)=O)ccc21. The number of aryl methyl sites for hydroxylation is 1. The molecule has 162 valence electrons. The minimum atomic E-state index is -3.33. The van der Waals surface area contributed by atoms with E-state index in [-0.39, 0.29) is 16.6 Å². The first-order valence-corrected chi connectivity index (χ1v) is 12.4. The lowest BCUT2D eigenvalue weighted by molar-refractivity contribution is 0.0991. The molecule has 30 heavy (non-hydrogen) atoms. The highest BCUT2D eigenvalue weighted by molar-refractivity contribution is 7.90. The number of hydrogen-bond donors (Lipinski definition) is 0. The minimum Gasteiger partial charge on any atom is -0.380 e. The van der Waals surface area contributed by atoms with Crippen LogP contribution in [-0.4, -0.2) is 48.1 Å². The number of fused-ring (bicyclic) bond motifs is 1. The van der Waals surface area contributed by atoms with E-state index in [2.05, 4.69) is 10.1 Å². The van der Waals surface area contributed by atoms with Crippen molar-refractivity contribution in [2.45, 2.75) is 45.2 Å². The summed E-state index contributed by atoms with van der Waals surface area (Å²) in [5.74, 6) is -0.433. The summed E-state index contributed by atoms with van der Waals surface area (Å²) in [6, 6.07) is 6.80. The standard InChI is InChI=1S/C20H26N4O4S2/c1-6-28-10-9-23-17-8-7-15(30(5,26)27)12-18(17)29-20(23)21-19(25)16-11-14(4)24(22-16)13(2)3/h7-8,11-13H,6,9-10H2,1-5H3. The number of benzene rings is 1. The highest BCUT2D eigenvalue weighted by atomic mass is 32.2. The molecule has 0 aliphatic carbocycles. The third-order valence-corrected chi connectivity index (χ3v) is 6.73. The van der Waals surface area contributed by atoms with Gasteiger partial charge in [0.05, 0.1) is 21.7 Å². The van der Waals surface area contributed by atoms with Crippen LogP contribution in [-0.2, 0) is 21.1 Å². The number of carbonyl (C=O) groups is 1. The zero-order chi connectivity index (χ0) is 22.1. The number of thiazole rings is 1. The van der Waals surface area contributed by atoms with Gasteiger partial charge < -0.3 is 9.30 Å². The summed E-state index contributed by atoms with van der Waals surface area (Å²) >= 11 is 1.27. The van der Waals surface area contributed by atoms with Gasteiger partial charge in [-0.2, -0.15) is 10.1 Å². The summed E-state index contributed by atoms with van der Waals surface area (Å²) < 4.78 is 33.7. The van der Waals surface area contributed by atoms with Crippen molar-refractivity contribution in [2.24, 2.45) is 4.99 Å². The predicted octanol–water partition coefficient (Wildman–Crippen LogP) is 2.97. The van der Waals surface area contributed by atoms with Crippen molar-refractivity contribution in [3.63, 3.8) is 0 Å². The second-order valence-electron chi connectivity index (χ2n) is 7.26. The van der Waals surface area contributed by atoms with E-state index in [1.54, 1.807) is 28.9 Å². The number of rotatable bonds is 7. The Kier molecular flexibility index (Phi) is 6.59. The second-order valence-corrected chi connectivity index (χ2v) is 10.3. The van der Waals surface area contributed by atoms with Crippen LogP contribution in [0.2, 0.25) is 0 Å². The lowest BCUT2D eigenvalue weighted by Crippen LogP contribution is -2.20. The Balaban J connectivity index is 2.11. The molecule has 0 fully saturated rings. The van der Waals surface area contributed by atoms with Gasteiger partial charge in [-0.25, -0.2) is 8.42 Å². The third-order valence-electron chi connectivity index (χ3n) is 4.57. The Morgan fingerprint density at radius 2 is 2.03 bits per heavy atom. The van der Waals surface area contributed by atoms with Crippen LogP contribution in [0.5, 0.6) is 0 Å². The van der Waals surface area contributed by atoms with Crippen LogP contribution in [0.25, 0.3) is 10.2 Å². The van der Waals surface area contributed by atoms with Gasteiger partial charge in [-0.05, 0) is 52.0 Å². The van der Waals surface area contributed by atoms with Crippen molar-refractivity contribution >= 4 is 37.3 Å². The third kappa shape index (κ3) is 4.71. The molecule has 0 bridgehead atoms. The average molecular weight is 451 g/mol. The Bertz CT molecular complexity index is 1250. The molecule has 8 nitrogen and oxygen atoms in total. The van der Waals surface area contributed by atoms with Crippen LogP contribution in [0.3, 0.4) is 0 Å². The Morgan fingerprint density at radius 3 is 2.63 bits per heavy atom. The quantitative estimate of drug-likeness (QED) is 0.516. The molecule has 3 rings (SSSR count). The van der Waals surface area contributed by atoms with Gasteiger partial charge in [-0.1, -0.05) is 11.3 Å². The van der Waals surface area contributed by atoms with Crippen molar-refractivity contribution in [3.8, 4) is 0 Å². The molecule has 0 aliphatic heterocycles. The summed E-state index contributed by atoms with van der Waals surface area (Å²) in [5.41, 5.74) is 1.98. The van der Waals surface area contributed by atoms with Gasteiger partial charge in [0, 0.05) is 31.1 Å². The molecule has 0 saturated carbocycles. The molecule has 0 N–H and O–H groups in total. The molecular formula is C20H26N4O4S2. The van der Waals surface area contributed by atoms with E-state index < -0.39 is 15.7 Å². The van der Waals surface area contributed by atoms with Crippen molar-refractivity contribution in [2.75, 3.05) is 19.5 Å². The number of hydrogen-bond acceptors (Lipinski definition) is 6. The first-order chi connectivity index (χ1) is 14.1. The molecule has 0 spiro atoms. The number of aromatic nitrogens is 3. The van der Waals surface area contributed by atoms with Crippen LogP contribution in [0.1, 0.15) is 43.0 Å². The van der Waals surface area contributed by atoms with Gasteiger partial charge in [0.1, 0.15) is 0 Å². The topological polar surface area (TPSA) is 95.6 Å². The van der Waals surface area contributed by atoms with E-state index in [0.717, 1.165) is 15.9 Å². The maximum atomic E-state index is 12.8. The molecule has 0 atom stereocenters. The molecule has 1 aromatic carbocycles. The van der Waals surface area contributed by atoms with Crippen molar-refractivity contribution in [3.05, 3.63) is 40.5 Å².